The Hall–Kier alpha value is -2.04. The summed E-state index contributed by atoms with van der Waals surface area (Å²) in [6.45, 7) is 0.834. The number of nitrogens with zero attached hydrogens (tertiary/aromatic N) is 1. The van der Waals surface area contributed by atoms with Crippen molar-refractivity contribution in [1.29, 1.82) is 0 Å². The molecule has 1 saturated carbocycles. The van der Waals surface area contributed by atoms with Gasteiger partial charge in [-0.3, -0.25) is 4.79 Å². The summed E-state index contributed by atoms with van der Waals surface area (Å²) in [7, 11) is 0. The van der Waals surface area contributed by atoms with Gasteiger partial charge in [0.15, 0.2) is 5.75 Å². The third kappa shape index (κ3) is 2.13. The predicted molar refractivity (Wildman–Crippen MR) is 73.2 cm³/mol. The Labute approximate surface area is 117 Å². The minimum atomic E-state index is -1.03. The second-order valence-electron chi connectivity index (χ2n) is 5.28. The zero-order valence-corrected chi connectivity index (χ0v) is 11.2. The molecule has 1 aromatic carbocycles. The average molecular weight is 275 g/mol. The zero-order chi connectivity index (χ0) is 14.1. The number of carboxylic acids is 1. The molecule has 1 N–H and O–H groups in total. The Morgan fingerprint density at radius 1 is 1.25 bits per heavy atom. The van der Waals surface area contributed by atoms with Gasteiger partial charge in [-0.25, -0.2) is 4.79 Å². The van der Waals surface area contributed by atoms with Crippen LogP contribution in [-0.4, -0.2) is 30.1 Å². The fraction of sp³-hybridized carbons (Fsp3) is 0.467. The predicted octanol–water partition coefficient (Wildman–Crippen LogP) is 2.30. The topological polar surface area (TPSA) is 66.8 Å². The van der Waals surface area contributed by atoms with Crippen LogP contribution in [0.2, 0.25) is 0 Å². The van der Waals surface area contributed by atoms with Crippen LogP contribution in [0, 0.1) is 5.92 Å². The third-order valence-electron chi connectivity index (χ3n) is 4.05. The highest BCUT2D eigenvalue weighted by molar-refractivity contribution is 6.00. The van der Waals surface area contributed by atoms with E-state index >= 15 is 0 Å². The van der Waals surface area contributed by atoms with Gasteiger partial charge in [0.1, 0.15) is 12.2 Å². The molecular formula is C15H17NO4. The molecular weight excluding hydrogens is 258 g/mol. The minimum absolute atomic E-state index is 0.0782. The third-order valence-corrected chi connectivity index (χ3v) is 4.05. The van der Waals surface area contributed by atoms with Gasteiger partial charge in [0, 0.05) is 5.92 Å². The second kappa shape index (κ2) is 5.15. The first-order valence-corrected chi connectivity index (χ1v) is 6.99. The fourth-order valence-electron chi connectivity index (χ4n) is 3.04. The summed E-state index contributed by atoms with van der Waals surface area (Å²) in [6, 6.07) is 4.92. The van der Waals surface area contributed by atoms with E-state index in [0.29, 0.717) is 24.6 Å². The second-order valence-corrected chi connectivity index (χ2v) is 5.28. The van der Waals surface area contributed by atoms with Crippen molar-refractivity contribution < 1.29 is 19.4 Å². The largest absolute Gasteiger partial charge is 0.489 e. The number of ether oxygens (including phenoxy) is 1. The van der Waals surface area contributed by atoms with E-state index in [9.17, 15) is 14.7 Å². The lowest BCUT2D eigenvalue weighted by atomic mass is 10.0. The number of rotatable bonds is 2. The minimum Gasteiger partial charge on any atom is -0.489 e. The quantitative estimate of drug-likeness (QED) is 0.899. The molecule has 3 rings (SSSR count). The molecule has 0 aromatic heterocycles. The number of anilines is 1. The van der Waals surface area contributed by atoms with E-state index < -0.39 is 5.97 Å². The van der Waals surface area contributed by atoms with Crippen LogP contribution in [0.15, 0.2) is 18.2 Å². The number of carboxylic acid groups (broad SMARTS) is 1. The standard InChI is InChI=1S/C15H17NO4/c17-14(10-4-1-2-5-10)16-8-9-20-13-11(15(18)19)6-3-7-12(13)16/h3,6-7,10H,1-2,4-5,8-9H2,(H,18,19). The van der Waals surface area contributed by atoms with Gasteiger partial charge in [-0.2, -0.15) is 0 Å². The van der Waals surface area contributed by atoms with Crippen LogP contribution < -0.4 is 9.64 Å². The van der Waals surface area contributed by atoms with Crippen LogP contribution >= 0.6 is 0 Å². The summed E-state index contributed by atoms with van der Waals surface area (Å²) in [5, 5.41) is 9.19. The molecule has 1 aliphatic heterocycles. The highest BCUT2D eigenvalue weighted by atomic mass is 16.5. The Bertz CT molecular complexity index is 549. The number of hydrogen-bond donors (Lipinski definition) is 1. The number of fused-ring (bicyclic) bond motifs is 1. The van der Waals surface area contributed by atoms with Crippen LogP contribution in [0.25, 0.3) is 0 Å². The number of amides is 1. The lowest BCUT2D eigenvalue weighted by Crippen LogP contribution is -2.41. The van der Waals surface area contributed by atoms with Gasteiger partial charge >= 0.3 is 5.97 Å². The maximum absolute atomic E-state index is 12.6. The molecule has 5 heteroatoms. The number of aromatic carboxylic acids is 1. The Balaban J connectivity index is 1.95. The van der Waals surface area contributed by atoms with Crippen molar-refractivity contribution in [3.05, 3.63) is 23.8 Å². The van der Waals surface area contributed by atoms with Crippen molar-refractivity contribution in [2.24, 2.45) is 5.92 Å². The molecule has 0 unspecified atom stereocenters. The van der Waals surface area contributed by atoms with Crippen LogP contribution in [-0.2, 0) is 4.79 Å². The van der Waals surface area contributed by atoms with Crippen molar-refractivity contribution in [1.82, 2.24) is 0 Å². The number of benzene rings is 1. The maximum Gasteiger partial charge on any atom is 0.339 e. The average Bonchev–Trinajstić information content (AvgIpc) is 2.99. The fourth-order valence-corrected chi connectivity index (χ4v) is 3.04. The first-order chi connectivity index (χ1) is 9.68. The van der Waals surface area contributed by atoms with E-state index in [1.54, 1.807) is 17.0 Å². The van der Waals surface area contributed by atoms with E-state index in [0.717, 1.165) is 25.7 Å². The molecule has 0 atom stereocenters. The lowest BCUT2D eigenvalue weighted by Gasteiger charge is -2.32. The van der Waals surface area contributed by atoms with Gasteiger partial charge in [0.25, 0.3) is 0 Å². The first kappa shape index (κ1) is 13.0. The summed E-state index contributed by atoms with van der Waals surface area (Å²) in [5.41, 5.74) is 0.708. The van der Waals surface area contributed by atoms with E-state index in [-0.39, 0.29) is 17.4 Å². The van der Waals surface area contributed by atoms with E-state index in [2.05, 4.69) is 0 Å². The molecule has 0 radical (unpaired) electrons. The molecule has 1 amide bonds. The number of hydrogen-bond acceptors (Lipinski definition) is 3. The normalized spacial score (nSPS) is 18.5. The SMILES string of the molecule is O=C(O)c1cccc2c1OCCN2C(=O)C1CCCC1. The number of carbonyl (C=O) groups is 2. The highest BCUT2D eigenvalue weighted by Crippen LogP contribution is 2.37. The monoisotopic (exact) mass is 275 g/mol. The van der Waals surface area contributed by atoms with Crippen LogP contribution in [0.3, 0.4) is 0 Å². The van der Waals surface area contributed by atoms with E-state index in [4.69, 9.17) is 4.74 Å². The molecule has 1 aliphatic carbocycles. The highest BCUT2D eigenvalue weighted by Gasteiger charge is 2.32. The van der Waals surface area contributed by atoms with Crippen molar-refractivity contribution >= 4 is 17.6 Å². The summed E-state index contributed by atoms with van der Waals surface area (Å²) in [5.74, 6) is -0.529. The van der Waals surface area contributed by atoms with Crippen molar-refractivity contribution in [2.45, 2.75) is 25.7 Å². The summed E-state index contributed by atoms with van der Waals surface area (Å²) in [4.78, 5) is 25.5. The van der Waals surface area contributed by atoms with Crippen molar-refractivity contribution in [3.8, 4) is 5.75 Å². The summed E-state index contributed by atoms with van der Waals surface area (Å²) in [6.07, 6.45) is 4.07. The molecule has 0 bridgehead atoms. The molecule has 1 heterocycles. The van der Waals surface area contributed by atoms with Gasteiger partial charge in [0.05, 0.1) is 12.2 Å². The molecule has 0 saturated heterocycles. The molecule has 5 nitrogen and oxygen atoms in total. The van der Waals surface area contributed by atoms with Gasteiger partial charge in [-0.15, -0.1) is 0 Å². The zero-order valence-electron chi connectivity index (χ0n) is 11.2. The Morgan fingerprint density at radius 2 is 2.00 bits per heavy atom. The Morgan fingerprint density at radius 3 is 2.70 bits per heavy atom. The van der Waals surface area contributed by atoms with E-state index in [1.807, 2.05) is 0 Å². The van der Waals surface area contributed by atoms with Crippen molar-refractivity contribution in [2.75, 3.05) is 18.1 Å². The number of carbonyl (C=O) groups excluding carboxylic acids is 1. The molecule has 106 valence electrons. The van der Waals surface area contributed by atoms with Crippen molar-refractivity contribution in [3.63, 3.8) is 0 Å². The van der Waals surface area contributed by atoms with Crippen LogP contribution in [0.4, 0.5) is 5.69 Å². The molecule has 20 heavy (non-hydrogen) atoms. The summed E-state index contributed by atoms with van der Waals surface area (Å²) < 4.78 is 5.48. The molecule has 1 fully saturated rings. The lowest BCUT2D eigenvalue weighted by molar-refractivity contribution is -0.122. The number of para-hydroxylation sites is 1. The molecule has 2 aliphatic rings. The first-order valence-electron chi connectivity index (χ1n) is 6.99. The van der Waals surface area contributed by atoms with Gasteiger partial charge in [-0.1, -0.05) is 18.9 Å². The van der Waals surface area contributed by atoms with Crippen LogP contribution in [0.1, 0.15) is 36.0 Å². The summed E-state index contributed by atoms with van der Waals surface area (Å²) >= 11 is 0. The maximum atomic E-state index is 12.6. The Kier molecular flexibility index (Phi) is 3.34. The van der Waals surface area contributed by atoms with E-state index in [1.165, 1.54) is 6.07 Å². The van der Waals surface area contributed by atoms with Gasteiger partial charge in [-0.05, 0) is 25.0 Å². The smallest absolute Gasteiger partial charge is 0.339 e. The van der Waals surface area contributed by atoms with Gasteiger partial charge < -0.3 is 14.7 Å². The van der Waals surface area contributed by atoms with Crippen LogP contribution in [0.5, 0.6) is 5.75 Å². The molecule has 1 aromatic rings. The van der Waals surface area contributed by atoms with Gasteiger partial charge in [0.2, 0.25) is 5.91 Å². The molecule has 0 spiro atoms.